The van der Waals surface area contributed by atoms with Gasteiger partial charge in [0.05, 0.1) is 17.8 Å². The summed E-state index contributed by atoms with van der Waals surface area (Å²) in [6.07, 6.45) is 3.09. The molecule has 9 heteroatoms. The Labute approximate surface area is 118 Å². The molecule has 0 bridgehead atoms. The second kappa shape index (κ2) is 5.74. The van der Waals surface area contributed by atoms with Gasteiger partial charge in [0, 0.05) is 13.2 Å². The average molecular weight is 298 g/mol. The van der Waals surface area contributed by atoms with E-state index in [1.807, 2.05) is 0 Å². The summed E-state index contributed by atoms with van der Waals surface area (Å²) in [5, 5.41) is 19.1. The highest BCUT2D eigenvalue weighted by Crippen LogP contribution is 2.12. The first kappa shape index (κ1) is 14.1. The van der Waals surface area contributed by atoms with Gasteiger partial charge in [0.25, 0.3) is 5.91 Å². The molecular formula is C11H12ClN5O3. The zero-order valence-electron chi connectivity index (χ0n) is 10.6. The quantitative estimate of drug-likeness (QED) is 0.825. The van der Waals surface area contributed by atoms with Gasteiger partial charge in [-0.25, -0.2) is 4.68 Å². The maximum Gasteiger partial charge on any atom is 0.325 e. The van der Waals surface area contributed by atoms with Crippen molar-refractivity contribution in [1.29, 1.82) is 0 Å². The van der Waals surface area contributed by atoms with E-state index in [9.17, 15) is 9.59 Å². The van der Waals surface area contributed by atoms with Crippen molar-refractivity contribution in [3.05, 3.63) is 34.9 Å². The van der Waals surface area contributed by atoms with Gasteiger partial charge in [0.15, 0.2) is 0 Å². The number of carbonyl (C=O) groups excluding carboxylic acids is 1. The molecule has 0 saturated carbocycles. The average Bonchev–Trinajstić information content (AvgIpc) is 2.92. The molecule has 0 aliphatic heterocycles. The van der Waals surface area contributed by atoms with Crippen LogP contribution < -0.4 is 5.32 Å². The molecular weight excluding hydrogens is 286 g/mol. The molecule has 0 fully saturated rings. The number of halogens is 1. The molecule has 2 aromatic heterocycles. The van der Waals surface area contributed by atoms with Crippen molar-refractivity contribution >= 4 is 23.5 Å². The van der Waals surface area contributed by atoms with Gasteiger partial charge in [-0.1, -0.05) is 16.8 Å². The van der Waals surface area contributed by atoms with Crippen LogP contribution in [0.5, 0.6) is 0 Å². The summed E-state index contributed by atoms with van der Waals surface area (Å²) >= 11 is 5.80. The van der Waals surface area contributed by atoms with Crippen molar-refractivity contribution in [3.63, 3.8) is 0 Å². The monoisotopic (exact) mass is 297 g/mol. The SMILES string of the molecule is Cn1cc(Cl)cc1C(=O)NCc1cn(CC(=O)O)nn1. The molecule has 2 heterocycles. The lowest BCUT2D eigenvalue weighted by molar-refractivity contribution is -0.137. The van der Waals surface area contributed by atoms with Crippen molar-refractivity contribution in [2.24, 2.45) is 7.05 Å². The Hall–Kier alpha value is -2.35. The van der Waals surface area contributed by atoms with Gasteiger partial charge < -0.3 is 15.0 Å². The highest BCUT2D eigenvalue weighted by molar-refractivity contribution is 6.31. The Balaban J connectivity index is 1.95. The van der Waals surface area contributed by atoms with Crippen LogP contribution in [0.25, 0.3) is 0 Å². The normalized spacial score (nSPS) is 10.5. The van der Waals surface area contributed by atoms with Crippen LogP contribution in [-0.4, -0.2) is 36.5 Å². The molecule has 0 unspecified atom stereocenters. The molecule has 1 amide bonds. The van der Waals surface area contributed by atoms with Gasteiger partial charge in [-0.3, -0.25) is 9.59 Å². The molecule has 2 N–H and O–H groups in total. The van der Waals surface area contributed by atoms with Gasteiger partial charge in [0.1, 0.15) is 17.9 Å². The van der Waals surface area contributed by atoms with E-state index < -0.39 is 5.97 Å². The highest BCUT2D eigenvalue weighted by atomic mass is 35.5. The predicted octanol–water partition coefficient (Wildman–Crippen LogP) is 0.285. The second-order valence-electron chi connectivity index (χ2n) is 4.14. The summed E-state index contributed by atoms with van der Waals surface area (Å²) in [4.78, 5) is 22.4. The number of carboxylic acids is 1. The van der Waals surface area contributed by atoms with E-state index in [1.165, 1.54) is 10.9 Å². The predicted molar refractivity (Wildman–Crippen MR) is 69.3 cm³/mol. The fourth-order valence-corrected chi connectivity index (χ4v) is 1.90. The molecule has 0 aliphatic rings. The van der Waals surface area contributed by atoms with Crippen LogP contribution in [0.1, 0.15) is 16.2 Å². The van der Waals surface area contributed by atoms with Crippen LogP contribution in [-0.2, 0) is 24.9 Å². The number of hydrogen-bond donors (Lipinski definition) is 2. The van der Waals surface area contributed by atoms with Crippen LogP contribution >= 0.6 is 11.6 Å². The summed E-state index contributed by atoms with van der Waals surface area (Å²) in [6, 6.07) is 1.55. The maximum absolute atomic E-state index is 11.9. The van der Waals surface area contributed by atoms with Gasteiger partial charge in [-0.15, -0.1) is 5.10 Å². The Kier molecular flexibility index (Phi) is 4.04. The third kappa shape index (κ3) is 3.35. The van der Waals surface area contributed by atoms with Crippen molar-refractivity contribution in [1.82, 2.24) is 24.9 Å². The second-order valence-corrected chi connectivity index (χ2v) is 4.57. The lowest BCUT2D eigenvalue weighted by atomic mass is 10.4. The number of aryl methyl sites for hydroxylation is 1. The summed E-state index contributed by atoms with van der Waals surface area (Å²) in [5.41, 5.74) is 0.896. The Morgan fingerprint density at radius 3 is 2.80 bits per heavy atom. The molecule has 2 rings (SSSR count). The lowest BCUT2D eigenvalue weighted by Crippen LogP contribution is -2.24. The first-order valence-corrected chi connectivity index (χ1v) is 6.04. The minimum atomic E-state index is -1.01. The van der Waals surface area contributed by atoms with Crippen LogP contribution in [0.15, 0.2) is 18.5 Å². The minimum Gasteiger partial charge on any atom is -0.480 e. The molecule has 0 spiro atoms. The standard InChI is InChI=1S/C11H12ClN5O3/c1-16-4-7(12)2-9(16)11(20)13-3-8-5-17(15-14-8)6-10(18)19/h2,4-5H,3,6H2,1H3,(H,13,20)(H,18,19). The summed E-state index contributed by atoms with van der Waals surface area (Å²) in [7, 11) is 1.71. The van der Waals surface area contributed by atoms with Crippen molar-refractivity contribution in [2.75, 3.05) is 0 Å². The van der Waals surface area contributed by atoms with Crippen LogP contribution in [0.3, 0.4) is 0 Å². The number of nitrogens with zero attached hydrogens (tertiary/aromatic N) is 4. The largest absolute Gasteiger partial charge is 0.480 e. The summed E-state index contributed by atoms with van der Waals surface area (Å²) < 4.78 is 2.79. The van der Waals surface area contributed by atoms with E-state index in [-0.39, 0.29) is 19.0 Å². The first-order valence-electron chi connectivity index (χ1n) is 5.66. The van der Waals surface area contributed by atoms with Gasteiger partial charge in [-0.2, -0.15) is 0 Å². The van der Waals surface area contributed by atoms with Gasteiger partial charge in [0.2, 0.25) is 0 Å². The van der Waals surface area contributed by atoms with Crippen molar-refractivity contribution in [2.45, 2.75) is 13.1 Å². The Morgan fingerprint density at radius 1 is 1.45 bits per heavy atom. The third-order valence-corrected chi connectivity index (χ3v) is 2.72. The highest BCUT2D eigenvalue weighted by Gasteiger charge is 2.12. The number of carbonyl (C=O) groups is 2. The number of nitrogens with one attached hydrogen (secondary N) is 1. The van der Waals surface area contributed by atoms with E-state index in [0.717, 1.165) is 0 Å². The summed E-state index contributed by atoms with van der Waals surface area (Å²) in [5.74, 6) is -1.31. The molecule has 0 saturated heterocycles. The zero-order chi connectivity index (χ0) is 14.7. The number of aromatic nitrogens is 4. The number of rotatable bonds is 5. The third-order valence-electron chi connectivity index (χ3n) is 2.52. The van der Waals surface area contributed by atoms with Gasteiger partial charge in [-0.05, 0) is 6.07 Å². The number of hydrogen-bond acceptors (Lipinski definition) is 4. The van der Waals surface area contributed by atoms with Crippen molar-refractivity contribution in [3.8, 4) is 0 Å². The molecule has 0 aromatic carbocycles. The fourth-order valence-electron chi connectivity index (χ4n) is 1.65. The summed E-state index contributed by atoms with van der Waals surface area (Å²) in [6.45, 7) is -0.115. The van der Waals surface area contributed by atoms with E-state index in [0.29, 0.717) is 16.4 Å². The fraction of sp³-hybridized carbons (Fsp3) is 0.273. The Bertz CT molecular complexity index is 648. The Morgan fingerprint density at radius 2 is 2.20 bits per heavy atom. The molecule has 20 heavy (non-hydrogen) atoms. The first-order chi connectivity index (χ1) is 9.45. The van der Waals surface area contributed by atoms with Gasteiger partial charge >= 0.3 is 5.97 Å². The van der Waals surface area contributed by atoms with Crippen LogP contribution in [0.4, 0.5) is 0 Å². The van der Waals surface area contributed by atoms with Crippen LogP contribution in [0, 0.1) is 0 Å². The smallest absolute Gasteiger partial charge is 0.325 e. The van der Waals surface area contributed by atoms with Crippen LogP contribution in [0.2, 0.25) is 5.02 Å². The topological polar surface area (TPSA) is 102 Å². The number of carboxylic acid groups (broad SMARTS) is 1. The van der Waals surface area contributed by atoms with E-state index in [1.54, 1.807) is 23.9 Å². The zero-order valence-corrected chi connectivity index (χ0v) is 11.3. The van der Waals surface area contributed by atoms with E-state index >= 15 is 0 Å². The molecule has 0 atom stereocenters. The molecule has 8 nitrogen and oxygen atoms in total. The minimum absolute atomic E-state index is 0.154. The molecule has 106 valence electrons. The lowest BCUT2D eigenvalue weighted by Gasteiger charge is -2.03. The molecule has 0 aliphatic carbocycles. The van der Waals surface area contributed by atoms with E-state index in [4.69, 9.17) is 16.7 Å². The van der Waals surface area contributed by atoms with Crippen molar-refractivity contribution < 1.29 is 14.7 Å². The molecule has 0 radical (unpaired) electrons. The number of aliphatic carboxylic acids is 1. The van der Waals surface area contributed by atoms with E-state index in [2.05, 4.69) is 15.6 Å². The maximum atomic E-state index is 11.9. The molecule has 2 aromatic rings. The number of amides is 1.